The molecule has 1 aromatic heterocycles. The first-order valence-electron chi connectivity index (χ1n) is 6.42. The lowest BCUT2D eigenvalue weighted by atomic mass is 10.1. The molecule has 2 aromatic rings. The molecule has 0 aliphatic heterocycles. The molecule has 0 saturated heterocycles. The van der Waals surface area contributed by atoms with E-state index in [0.717, 1.165) is 13.0 Å². The third-order valence-electron chi connectivity index (χ3n) is 3.06. The summed E-state index contributed by atoms with van der Waals surface area (Å²) in [6.45, 7) is 7.36. The summed E-state index contributed by atoms with van der Waals surface area (Å²) < 4.78 is 0. The smallest absolute Gasteiger partial charge is 0.0925 e. The Bertz CT molecular complexity index is 487. The van der Waals surface area contributed by atoms with Crippen LogP contribution in [0.1, 0.15) is 40.9 Å². The normalized spacial score (nSPS) is 12.6. The van der Waals surface area contributed by atoms with E-state index in [1.165, 1.54) is 21.0 Å². The number of nitrogens with zero attached hydrogens (tertiary/aromatic N) is 1. The third-order valence-corrected chi connectivity index (χ3v) is 4.21. The van der Waals surface area contributed by atoms with E-state index < -0.39 is 0 Å². The van der Waals surface area contributed by atoms with Crippen LogP contribution in [0.3, 0.4) is 0 Å². The fourth-order valence-corrected chi connectivity index (χ4v) is 2.63. The number of hydrogen-bond acceptors (Lipinski definition) is 3. The van der Waals surface area contributed by atoms with Crippen molar-refractivity contribution < 1.29 is 0 Å². The van der Waals surface area contributed by atoms with Gasteiger partial charge in [-0.1, -0.05) is 36.8 Å². The Morgan fingerprint density at radius 2 is 2.00 bits per heavy atom. The summed E-state index contributed by atoms with van der Waals surface area (Å²) in [6.07, 6.45) is 3.01. The summed E-state index contributed by atoms with van der Waals surface area (Å²) >= 11 is 1.80. The van der Waals surface area contributed by atoms with Gasteiger partial charge in [-0.3, -0.25) is 0 Å². The highest BCUT2D eigenvalue weighted by atomic mass is 32.1. The molecule has 0 fully saturated rings. The number of nitrogens with one attached hydrogen (secondary N) is 1. The molecule has 1 aromatic carbocycles. The molecule has 1 heterocycles. The van der Waals surface area contributed by atoms with E-state index in [-0.39, 0.29) is 0 Å². The maximum atomic E-state index is 4.38. The van der Waals surface area contributed by atoms with Crippen LogP contribution in [0.25, 0.3) is 0 Å². The van der Waals surface area contributed by atoms with Gasteiger partial charge in [-0.05, 0) is 25.8 Å². The lowest BCUT2D eigenvalue weighted by Gasteiger charge is -2.13. The predicted octanol–water partition coefficient (Wildman–Crippen LogP) is 3.86. The highest BCUT2D eigenvalue weighted by Gasteiger charge is 2.06. The molecular formula is C15H20N2S. The quantitative estimate of drug-likeness (QED) is 0.883. The van der Waals surface area contributed by atoms with Crippen molar-refractivity contribution in [2.45, 2.75) is 39.8 Å². The molecule has 0 aliphatic rings. The largest absolute Gasteiger partial charge is 0.305 e. The molecule has 96 valence electrons. The maximum absolute atomic E-state index is 4.38. The SMILES string of the molecule is CCc1ncc(CNC(C)c2ccc(C)cc2)s1. The molecule has 1 atom stereocenters. The maximum Gasteiger partial charge on any atom is 0.0925 e. The molecule has 2 nitrogen and oxygen atoms in total. The van der Waals surface area contributed by atoms with Crippen LogP contribution in [-0.4, -0.2) is 4.98 Å². The summed E-state index contributed by atoms with van der Waals surface area (Å²) in [6, 6.07) is 9.08. The van der Waals surface area contributed by atoms with E-state index >= 15 is 0 Å². The average molecular weight is 260 g/mol. The topological polar surface area (TPSA) is 24.9 Å². The van der Waals surface area contributed by atoms with Gasteiger partial charge in [0.05, 0.1) is 5.01 Å². The average Bonchev–Trinajstić information content (AvgIpc) is 2.85. The highest BCUT2D eigenvalue weighted by molar-refractivity contribution is 7.11. The number of hydrogen-bond donors (Lipinski definition) is 1. The fourth-order valence-electron chi connectivity index (χ4n) is 1.82. The number of aryl methyl sites for hydroxylation is 2. The number of benzene rings is 1. The Morgan fingerprint density at radius 3 is 2.61 bits per heavy atom. The number of rotatable bonds is 5. The van der Waals surface area contributed by atoms with Crippen molar-refractivity contribution in [2.24, 2.45) is 0 Å². The molecule has 0 radical (unpaired) electrons. The van der Waals surface area contributed by atoms with Crippen LogP contribution in [0.15, 0.2) is 30.5 Å². The van der Waals surface area contributed by atoms with Gasteiger partial charge in [0.15, 0.2) is 0 Å². The zero-order chi connectivity index (χ0) is 13.0. The standard InChI is InChI=1S/C15H20N2S/c1-4-15-17-10-14(18-15)9-16-12(3)13-7-5-11(2)6-8-13/h5-8,10,12,16H,4,9H2,1-3H3. The Labute approximate surface area is 113 Å². The molecule has 1 unspecified atom stereocenters. The number of thiazole rings is 1. The van der Waals surface area contributed by atoms with Crippen molar-refractivity contribution in [3.05, 3.63) is 51.5 Å². The van der Waals surface area contributed by atoms with Crippen molar-refractivity contribution in [1.82, 2.24) is 10.3 Å². The van der Waals surface area contributed by atoms with Gasteiger partial charge in [-0.25, -0.2) is 4.98 Å². The van der Waals surface area contributed by atoms with Gasteiger partial charge < -0.3 is 5.32 Å². The zero-order valence-corrected chi connectivity index (χ0v) is 12.1. The molecule has 0 aliphatic carbocycles. The van der Waals surface area contributed by atoms with E-state index in [1.54, 1.807) is 11.3 Å². The van der Waals surface area contributed by atoms with Gasteiger partial charge in [0.2, 0.25) is 0 Å². The predicted molar refractivity (Wildman–Crippen MR) is 77.9 cm³/mol. The molecule has 18 heavy (non-hydrogen) atoms. The summed E-state index contributed by atoms with van der Waals surface area (Å²) in [7, 11) is 0. The minimum absolute atomic E-state index is 0.373. The summed E-state index contributed by atoms with van der Waals surface area (Å²) in [5.41, 5.74) is 2.64. The van der Waals surface area contributed by atoms with E-state index in [2.05, 4.69) is 55.3 Å². The first-order valence-corrected chi connectivity index (χ1v) is 7.24. The molecule has 0 bridgehead atoms. The van der Waals surface area contributed by atoms with E-state index in [9.17, 15) is 0 Å². The van der Waals surface area contributed by atoms with Crippen LogP contribution in [-0.2, 0) is 13.0 Å². The molecule has 0 saturated carbocycles. The number of aromatic nitrogens is 1. The van der Waals surface area contributed by atoms with Crippen LogP contribution in [0.4, 0.5) is 0 Å². The van der Waals surface area contributed by atoms with E-state index in [0.29, 0.717) is 6.04 Å². The van der Waals surface area contributed by atoms with Gasteiger partial charge in [0.1, 0.15) is 0 Å². The molecule has 0 spiro atoms. The first-order chi connectivity index (χ1) is 8.69. The van der Waals surface area contributed by atoms with Gasteiger partial charge in [0, 0.05) is 23.7 Å². The fraction of sp³-hybridized carbons (Fsp3) is 0.400. The molecule has 1 N–H and O–H groups in total. The second kappa shape index (κ2) is 6.12. The second-order valence-electron chi connectivity index (χ2n) is 4.59. The van der Waals surface area contributed by atoms with Crippen molar-refractivity contribution in [3.63, 3.8) is 0 Å². The molecule has 3 heteroatoms. The lowest BCUT2D eigenvalue weighted by molar-refractivity contribution is 0.578. The van der Waals surface area contributed by atoms with Crippen molar-refractivity contribution in [2.75, 3.05) is 0 Å². The van der Waals surface area contributed by atoms with Crippen LogP contribution in [0.2, 0.25) is 0 Å². The van der Waals surface area contributed by atoms with Gasteiger partial charge >= 0.3 is 0 Å². The highest BCUT2D eigenvalue weighted by Crippen LogP contribution is 2.17. The Morgan fingerprint density at radius 1 is 1.28 bits per heavy atom. The van der Waals surface area contributed by atoms with Gasteiger partial charge in [0.25, 0.3) is 0 Å². The van der Waals surface area contributed by atoms with Crippen molar-refractivity contribution >= 4 is 11.3 Å². The van der Waals surface area contributed by atoms with Crippen LogP contribution < -0.4 is 5.32 Å². The molecule has 0 amide bonds. The van der Waals surface area contributed by atoms with E-state index in [4.69, 9.17) is 0 Å². The van der Waals surface area contributed by atoms with Crippen LogP contribution >= 0.6 is 11.3 Å². The minimum atomic E-state index is 0.373. The monoisotopic (exact) mass is 260 g/mol. The van der Waals surface area contributed by atoms with Crippen LogP contribution in [0.5, 0.6) is 0 Å². The Kier molecular flexibility index (Phi) is 4.50. The minimum Gasteiger partial charge on any atom is -0.305 e. The van der Waals surface area contributed by atoms with Gasteiger partial charge in [-0.2, -0.15) is 0 Å². The first kappa shape index (κ1) is 13.2. The molecular weight excluding hydrogens is 240 g/mol. The Hall–Kier alpha value is -1.19. The van der Waals surface area contributed by atoms with Crippen LogP contribution in [0, 0.1) is 6.92 Å². The molecule has 2 rings (SSSR count). The summed E-state index contributed by atoms with van der Waals surface area (Å²) in [5, 5.41) is 4.76. The Balaban J connectivity index is 1.91. The van der Waals surface area contributed by atoms with E-state index in [1.807, 2.05) is 6.20 Å². The third kappa shape index (κ3) is 3.40. The lowest BCUT2D eigenvalue weighted by Crippen LogP contribution is -2.17. The summed E-state index contributed by atoms with van der Waals surface area (Å²) in [5.74, 6) is 0. The van der Waals surface area contributed by atoms with Crippen molar-refractivity contribution in [3.8, 4) is 0 Å². The van der Waals surface area contributed by atoms with Crippen molar-refractivity contribution in [1.29, 1.82) is 0 Å². The zero-order valence-electron chi connectivity index (χ0n) is 11.2. The summed E-state index contributed by atoms with van der Waals surface area (Å²) in [4.78, 5) is 5.69. The van der Waals surface area contributed by atoms with Gasteiger partial charge in [-0.15, -0.1) is 11.3 Å². The second-order valence-corrected chi connectivity index (χ2v) is 5.79.